The van der Waals surface area contributed by atoms with Gasteiger partial charge in [0.15, 0.2) is 0 Å². The number of hydrogen-bond donors (Lipinski definition) is 1. The predicted octanol–water partition coefficient (Wildman–Crippen LogP) is 4.14. The van der Waals surface area contributed by atoms with Gasteiger partial charge < -0.3 is 19.5 Å². The molecular weight excluding hydrogens is 366 g/mol. The largest absolute Gasteiger partial charge is 0.493 e. The molecule has 1 amide bonds. The second-order valence-corrected chi connectivity index (χ2v) is 7.58. The second kappa shape index (κ2) is 10.3. The Morgan fingerprint density at radius 1 is 1.14 bits per heavy atom. The number of ether oxygens (including phenoxy) is 2. The molecule has 5 nitrogen and oxygen atoms in total. The Bertz CT molecular complexity index is 793. The molecule has 156 valence electrons. The first-order chi connectivity index (χ1) is 14.1. The zero-order chi connectivity index (χ0) is 20.6. The monoisotopic (exact) mass is 397 g/mol. The molecule has 1 aliphatic rings. The van der Waals surface area contributed by atoms with Crippen molar-refractivity contribution >= 4 is 6.09 Å². The highest BCUT2D eigenvalue weighted by Crippen LogP contribution is 2.27. The number of β-amino-alcohol motifs (C(OH)–C–C–N with tert-alkyl or cyclic N) is 1. The number of aryl methyl sites for hydroxylation is 3. The molecule has 0 spiro atoms. The molecule has 3 rings (SSSR count). The van der Waals surface area contributed by atoms with Crippen molar-refractivity contribution in [2.24, 2.45) is 0 Å². The number of rotatable bonds is 8. The minimum absolute atomic E-state index is 0.0548. The third kappa shape index (κ3) is 5.73. The third-order valence-electron chi connectivity index (χ3n) is 5.41. The maximum atomic E-state index is 12.1. The van der Waals surface area contributed by atoms with Crippen molar-refractivity contribution in [2.45, 2.75) is 51.7 Å². The van der Waals surface area contributed by atoms with Crippen LogP contribution >= 0.6 is 0 Å². The van der Waals surface area contributed by atoms with Gasteiger partial charge in [-0.15, -0.1) is 0 Å². The smallest absolute Gasteiger partial charge is 0.410 e. The number of aliphatic hydroxyl groups excluding tert-OH is 1. The first kappa shape index (κ1) is 21.2. The van der Waals surface area contributed by atoms with E-state index in [0.717, 1.165) is 24.2 Å². The van der Waals surface area contributed by atoms with Crippen LogP contribution < -0.4 is 4.74 Å². The molecule has 0 bridgehead atoms. The van der Waals surface area contributed by atoms with Gasteiger partial charge in [-0.05, 0) is 49.8 Å². The zero-order valence-electron chi connectivity index (χ0n) is 17.3. The summed E-state index contributed by atoms with van der Waals surface area (Å²) in [5, 5.41) is 9.98. The SMILES string of the molecule is CCOC(=O)N1C[C@H](O)C[C@H]1CCOc1c(C)cccc1CCc1ccccc1. The molecule has 1 fully saturated rings. The molecule has 0 saturated carbocycles. The maximum absolute atomic E-state index is 12.1. The van der Waals surface area contributed by atoms with E-state index < -0.39 is 6.10 Å². The molecule has 29 heavy (non-hydrogen) atoms. The number of hydrogen-bond acceptors (Lipinski definition) is 4. The van der Waals surface area contributed by atoms with Crippen molar-refractivity contribution in [1.82, 2.24) is 4.90 Å². The van der Waals surface area contributed by atoms with Crippen LogP contribution in [0.5, 0.6) is 5.75 Å². The van der Waals surface area contributed by atoms with Crippen LogP contribution in [-0.2, 0) is 17.6 Å². The molecule has 0 aromatic heterocycles. The van der Waals surface area contributed by atoms with Crippen LogP contribution in [0.25, 0.3) is 0 Å². The van der Waals surface area contributed by atoms with Gasteiger partial charge in [0.25, 0.3) is 0 Å². The van der Waals surface area contributed by atoms with Crippen LogP contribution in [0, 0.1) is 6.92 Å². The van der Waals surface area contributed by atoms with Crippen molar-refractivity contribution < 1.29 is 19.4 Å². The van der Waals surface area contributed by atoms with Gasteiger partial charge in [-0.1, -0.05) is 48.5 Å². The van der Waals surface area contributed by atoms with Gasteiger partial charge in [-0.3, -0.25) is 0 Å². The van der Waals surface area contributed by atoms with Gasteiger partial charge in [-0.2, -0.15) is 0 Å². The molecule has 5 heteroatoms. The minimum Gasteiger partial charge on any atom is -0.493 e. The minimum atomic E-state index is -0.496. The van der Waals surface area contributed by atoms with Crippen molar-refractivity contribution in [3.63, 3.8) is 0 Å². The molecule has 0 aliphatic carbocycles. The van der Waals surface area contributed by atoms with Crippen LogP contribution in [0.1, 0.15) is 36.5 Å². The number of aliphatic hydroxyl groups is 1. The summed E-state index contributed by atoms with van der Waals surface area (Å²) in [5.41, 5.74) is 3.62. The highest BCUT2D eigenvalue weighted by atomic mass is 16.6. The summed E-state index contributed by atoms with van der Waals surface area (Å²) in [6.45, 7) is 5.01. The maximum Gasteiger partial charge on any atom is 0.410 e. The lowest BCUT2D eigenvalue weighted by molar-refractivity contribution is 0.0941. The number of amides is 1. The average molecular weight is 398 g/mol. The van der Waals surface area contributed by atoms with E-state index in [9.17, 15) is 9.90 Å². The van der Waals surface area contributed by atoms with Crippen molar-refractivity contribution in [1.29, 1.82) is 0 Å². The summed E-state index contributed by atoms with van der Waals surface area (Å²) in [6.07, 6.45) is 2.27. The van der Waals surface area contributed by atoms with Crippen LogP contribution in [0.15, 0.2) is 48.5 Å². The third-order valence-corrected chi connectivity index (χ3v) is 5.41. The molecule has 0 unspecified atom stereocenters. The molecule has 1 N–H and O–H groups in total. The summed E-state index contributed by atoms with van der Waals surface area (Å²) in [4.78, 5) is 13.7. The number of nitrogens with zero attached hydrogens (tertiary/aromatic N) is 1. The number of carbonyl (C=O) groups is 1. The summed E-state index contributed by atoms with van der Waals surface area (Å²) < 4.78 is 11.3. The van der Waals surface area contributed by atoms with E-state index >= 15 is 0 Å². The van der Waals surface area contributed by atoms with Gasteiger partial charge in [-0.25, -0.2) is 4.79 Å². The average Bonchev–Trinajstić information content (AvgIpc) is 3.09. The molecule has 1 heterocycles. The standard InChI is InChI=1S/C24H31NO4/c1-3-28-24(27)25-17-22(26)16-21(25)14-15-29-23-18(2)8-7-11-20(23)13-12-19-9-5-4-6-10-19/h4-11,21-22,26H,3,12-17H2,1-2H3/t21-,22-/m1/s1. The van der Waals surface area contributed by atoms with E-state index in [4.69, 9.17) is 9.47 Å². The molecule has 1 saturated heterocycles. The van der Waals surface area contributed by atoms with E-state index in [1.165, 1.54) is 11.1 Å². The molecule has 2 aromatic carbocycles. The van der Waals surface area contributed by atoms with Gasteiger partial charge in [0, 0.05) is 12.5 Å². The summed E-state index contributed by atoms with van der Waals surface area (Å²) in [7, 11) is 0. The fourth-order valence-electron chi connectivity index (χ4n) is 3.93. The molecule has 0 radical (unpaired) electrons. The Balaban J connectivity index is 1.59. The van der Waals surface area contributed by atoms with Crippen molar-refractivity contribution in [3.8, 4) is 5.75 Å². The van der Waals surface area contributed by atoms with Gasteiger partial charge in [0.05, 0.1) is 25.9 Å². The number of para-hydroxylation sites is 1. The first-order valence-electron chi connectivity index (χ1n) is 10.4. The van der Waals surface area contributed by atoms with E-state index in [0.29, 0.717) is 32.6 Å². The van der Waals surface area contributed by atoms with E-state index in [-0.39, 0.29) is 12.1 Å². The fourth-order valence-corrected chi connectivity index (χ4v) is 3.93. The Hall–Kier alpha value is -2.53. The number of carbonyl (C=O) groups excluding carboxylic acids is 1. The highest BCUT2D eigenvalue weighted by molar-refractivity contribution is 5.68. The fraction of sp³-hybridized carbons (Fsp3) is 0.458. The van der Waals surface area contributed by atoms with Gasteiger partial charge in [0.1, 0.15) is 5.75 Å². The Kier molecular flexibility index (Phi) is 7.53. The zero-order valence-corrected chi connectivity index (χ0v) is 17.3. The summed E-state index contributed by atoms with van der Waals surface area (Å²) in [5.74, 6) is 0.935. The van der Waals surface area contributed by atoms with Crippen LogP contribution in [0.4, 0.5) is 4.79 Å². The summed E-state index contributed by atoms with van der Waals surface area (Å²) in [6, 6.07) is 16.6. The number of benzene rings is 2. The first-order valence-corrected chi connectivity index (χ1v) is 10.4. The normalized spacial score (nSPS) is 18.7. The van der Waals surface area contributed by atoms with Crippen LogP contribution in [-0.4, -0.2) is 48.0 Å². The molecule has 2 atom stereocenters. The van der Waals surface area contributed by atoms with E-state index in [1.54, 1.807) is 11.8 Å². The second-order valence-electron chi connectivity index (χ2n) is 7.58. The molecular formula is C24H31NO4. The Labute approximate surface area is 173 Å². The van der Waals surface area contributed by atoms with Crippen molar-refractivity contribution in [2.75, 3.05) is 19.8 Å². The quantitative estimate of drug-likeness (QED) is 0.727. The lowest BCUT2D eigenvalue weighted by Gasteiger charge is -2.24. The molecule has 1 aliphatic heterocycles. The van der Waals surface area contributed by atoms with Gasteiger partial charge in [0.2, 0.25) is 0 Å². The Morgan fingerprint density at radius 2 is 1.93 bits per heavy atom. The molecule has 2 aromatic rings. The topological polar surface area (TPSA) is 59.0 Å². The lowest BCUT2D eigenvalue weighted by Crippen LogP contribution is -2.37. The predicted molar refractivity (Wildman–Crippen MR) is 113 cm³/mol. The highest BCUT2D eigenvalue weighted by Gasteiger charge is 2.35. The Morgan fingerprint density at radius 3 is 2.69 bits per heavy atom. The van der Waals surface area contributed by atoms with Crippen LogP contribution in [0.2, 0.25) is 0 Å². The summed E-state index contributed by atoms with van der Waals surface area (Å²) >= 11 is 0. The van der Waals surface area contributed by atoms with E-state index in [2.05, 4.69) is 49.4 Å². The van der Waals surface area contributed by atoms with Crippen LogP contribution in [0.3, 0.4) is 0 Å². The van der Waals surface area contributed by atoms with Crippen molar-refractivity contribution in [3.05, 3.63) is 65.2 Å². The van der Waals surface area contributed by atoms with Gasteiger partial charge >= 0.3 is 6.09 Å². The lowest BCUT2D eigenvalue weighted by atomic mass is 10.0. The van der Waals surface area contributed by atoms with E-state index in [1.807, 2.05) is 6.07 Å². The number of likely N-dealkylation sites (tertiary alicyclic amines) is 1.